The SMILES string of the molecule is CC1CCCCC1N(C)S(=O)(=O)c1cc(F)ccc1CCl. The van der Waals surface area contributed by atoms with Crippen LogP contribution < -0.4 is 0 Å². The summed E-state index contributed by atoms with van der Waals surface area (Å²) in [6.45, 7) is 2.07. The van der Waals surface area contributed by atoms with Crippen LogP contribution in [0.1, 0.15) is 38.2 Å². The zero-order chi connectivity index (χ0) is 15.6. The second kappa shape index (κ2) is 6.63. The van der Waals surface area contributed by atoms with Gasteiger partial charge in [-0.3, -0.25) is 0 Å². The molecular formula is C15H21ClFNO2S. The minimum absolute atomic E-state index is 0.0160. The molecule has 21 heavy (non-hydrogen) atoms. The molecule has 6 heteroatoms. The molecule has 118 valence electrons. The lowest BCUT2D eigenvalue weighted by Crippen LogP contribution is -2.42. The molecule has 2 atom stereocenters. The van der Waals surface area contributed by atoms with Crippen molar-refractivity contribution in [2.24, 2.45) is 5.92 Å². The van der Waals surface area contributed by atoms with Crippen molar-refractivity contribution in [1.82, 2.24) is 4.31 Å². The molecule has 1 saturated carbocycles. The van der Waals surface area contributed by atoms with Crippen molar-refractivity contribution in [3.05, 3.63) is 29.6 Å². The number of benzene rings is 1. The average Bonchev–Trinajstić information content (AvgIpc) is 2.47. The van der Waals surface area contributed by atoms with Crippen molar-refractivity contribution >= 4 is 21.6 Å². The van der Waals surface area contributed by atoms with Gasteiger partial charge in [0.2, 0.25) is 10.0 Å². The molecule has 2 rings (SSSR count). The second-order valence-electron chi connectivity index (χ2n) is 5.74. The van der Waals surface area contributed by atoms with Gasteiger partial charge in [-0.1, -0.05) is 25.8 Å². The van der Waals surface area contributed by atoms with Gasteiger partial charge in [-0.05, 0) is 36.5 Å². The van der Waals surface area contributed by atoms with E-state index in [1.165, 1.54) is 16.4 Å². The molecule has 0 amide bonds. The third kappa shape index (κ3) is 3.41. The topological polar surface area (TPSA) is 37.4 Å². The van der Waals surface area contributed by atoms with Crippen molar-refractivity contribution in [2.75, 3.05) is 7.05 Å². The molecule has 0 bridgehead atoms. The highest BCUT2D eigenvalue weighted by atomic mass is 35.5. The maximum absolute atomic E-state index is 13.5. The minimum Gasteiger partial charge on any atom is -0.207 e. The lowest BCUT2D eigenvalue weighted by molar-refractivity contribution is 0.213. The molecule has 0 aromatic heterocycles. The van der Waals surface area contributed by atoms with E-state index >= 15 is 0 Å². The molecule has 0 saturated heterocycles. The summed E-state index contributed by atoms with van der Waals surface area (Å²) in [6, 6.07) is 3.71. The number of sulfonamides is 1. The largest absolute Gasteiger partial charge is 0.243 e. The van der Waals surface area contributed by atoms with E-state index in [1.807, 2.05) is 0 Å². The van der Waals surface area contributed by atoms with E-state index in [9.17, 15) is 12.8 Å². The molecule has 0 radical (unpaired) electrons. The normalized spacial score (nSPS) is 23.5. The first kappa shape index (κ1) is 16.7. The van der Waals surface area contributed by atoms with Crippen LogP contribution in [0.4, 0.5) is 4.39 Å². The van der Waals surface area contributed by atoms with Gasteiger partial charge in [0.15, 0.2) is 0 Å². The molecule has 0 heterocycles. The predicted molar refractivity (Wildman–Crippen MR) is 82.3 cm³/mol. The Morgan fingerprint density at radius 2 is 2.00 bits per heavy atom. The maximum Gasteiger partial charge on any atom is 0.243 e. The maximum atomic E-state index is 13.5. The van der Waals surface area contributed by atoms with E-state index in [0.717, 1.165) is 31.7 Å². The summed E-state index contributed by atoms with van der Waals surface area (Å²) in [6.07, 6.45) is 4.04. The van der Waals surface area contributed by atoms with Crippen LogP contribution in [0.3, 0.4) is 0 Å². The van der Waals surface area contributed by atoms with Crippen LogP contribution in [0.2, 0.25) is 0 Å². The van der Waals surface area contributed by atoms with Gasteiger partial charge < -0.3 is 0 Å². The number of rotatable bonds is 4. The van der Waals surface area contributed by atoms with Gasteiger partial charge in [-0.25, -0.2) is 12.8 Å². The molecule has 1 fully saturated rings. The first-order valence-corrected chi connectivity index (χ1v) is 9.18. The van der Waals surface area contributed by atoms with Crippen LogP contribution in [-0.2, 0) is 15.9 Å². The van der Waals surface area contributed by atoms with Crippen LogP contribution >= 0.6 is 11.6 Å². The average molecular weight is 334 g/mol. The second-order valence-corrected chi connectivity index (χ2v) is 7.97. The van der Waals surface area contributed by atoms with Crippen molar-refractivity contribution in [2.45, 2.75) is 49.4 Å². The Morgan fingerprint density at radius 3 is 2.62 bits per heavy atom. The lowest BCUT2D eigenvalue weighted by atomic mass is 9.86. The Balaban J connectivity index is 2.39. The fourth-order valence-electron chi connectivity index (χ4n) is 3.05. The molecular weight excluding hydrogens is 313 g/mol. The first-order chi connectivity index (χ1) is 9.87. The molecule has 0 spiro atoms. The minimum atomic E-state index is -3.73. The smallest absolute Gasteiger partial charge is 0.207 e. The van der Waals surface area contributed by atoms with Gasteiger partial charge in [0.05, 0.1) is 4.90 Å². The van der Waals surface area contributed by atoms with E-state index in [4.69, 9.17) is 11.6 Å². The number of halogens is 2. The third-order valence-electron chi connectivity index (χ3n) is 4.36. The zero-order valence-electron chi connectivity index (χ0n) is 12.4. The van der Waals surface area contributed by atoms with Crippen molar-refractivity contribution in [1.29, 1.82) is 0 Å². The van der Waals surface area contributed by atoms with Gasteiger partial charge in [0.25, 0.3) is 0 Å². The molecule has 1 aromatic carbocycles. The summed E-state index contributed by atoms with van der Waals surface area (Å²) in [4.78, 5) is -0.0160. The number of alkyl halides is 1. The Hall–Kier alpha value is -0.650. The van der Waals surface area contributed by atoms with Crippen molar-refractivity contribution < 1.29 is 12.8 Å². The summed E-state index contributed by atoms with van der Waals surface area (Å²) in [5.41, 5.74) is 0.438. The summed E-state index contributed by atoms with van der Waals surface area (Å²) in [5.74, 6) is -0.206. The molecule has 1 aliphatic rings. The monoisotopic (exact) mass is 333 g/mol. The summed E-state index contributed by atoms with van der Waals surface area (Å²) >= 11 is 5.80. The standard InChI is InChI=1S/C15H21ClFNO2S/c1-11-5-3-4-6-14(11)18(2)21(19,20)15-9-13(17)8-7-12(15)10-16/h7-9,11,14H,3-6,10H2,1-2H3. The van der Waals surface area contributed by atoms with Gasteiger partial charge in [0.1, 0.15) is 5.82 Å². The zero-order valence-corrected chi connectivity index (χ0v) is 13.9. The molecule has 1 aliphatic carbocycles. The quantitative estimate of drug-likeness (QED) is 0.787. The molecule has 2 unspecified atom stereocenters. The number of hydrogen-bond acceptors (Lipinski definition) is 2. The fraction of sp³-hybridized carbons (Fsp3) is 0.600. The summed E-state index contributed by atoms with van der Waals surface area (Å²) < 4.78 is 40.5. The highest BCUT2D eigenvalue weighted by Crippen LogP contribution is 2.32. The van der Waals surface area contributed by atoms with Crippen LogP contribution in [0.25, 0.3) is 0 Å². The molecule has 0 aliphatic heterocycles. The van der Waals surface area contributed by atoms with Crippen LogP contribution in [0, 0.1) is 11.7 Å². The third-order valence-corrected chi connectivity index (χ3v) is 6.62. The molecule has 3 nitrogen and oxygen atoms in total. The summed E-state index contributed by atoms with van der Waals surface area (Å²) in [7, 11) is -2.14. The Bertz CT molecular complexity index is 606. The van der Waals surface area contributed by atoms with E-state index < -0.39 is 15.8 Å². The van der Waals surface area contributed by atoms with Gasteiger partial charge in [-0.2, -0.15) is 4.31 Å². The Kier molecular flexibility index (Phi) is 5.28. The molecule has 1 aromatic rings. The lowest BCUT2D eigenvalue weighted by Gasteiger charge is -2.35. The first-order valence-electron chi connectivity index (χ1n) is 7.20. The van der Waals surface area contributed by atoms with Gasteiger partial charge in [-0.15, -0.1) is 11.6 Å². The van der Waals surface area contributed by atoms with Gasteiger partial charge in [0, 0.05) is 19.0 Å². The fourth-order valence-corrected chi connectivity index (χ4v) is 5.07. The van der Waals surface area contributed by atoms with Crippen molar-refractivity contribution in [3.8, 4) is 0 Å². The predicted octanol–water partition coefficient (Wildman–Crippen LogP) is 3.76. The highest BCUT2D eigenvalue weighted by molar-refractivity contribution is 7.89. The van der Waals surface area contributed by atoms with Crippen LogP contribution in [0.5, 0.6) is 0 Å². The summed E-state index contributed by atoms with van der Waals surface area (Å²) in [5, 5.41) is 0. The molecule has 0 N–H and O–H groups in total. The van der Waals surface area contributed by atoms with Crippen LogP contribution in [0.15, 0.2) is 23.1 Å². The van der Waals surface area contributed by atoms with E-state index in [0.29, 0.717) is 11.5 Å². The number of hydrogen-bond donors (Lipinski definition) is 0. The highest BCUT2D eigenvalue weighted by Gasteiger charge is 2.34. The van der Waals surface area contributed by atoms with Gasteiger partial charge >= 0.3 is 0 Å². The van der Waals surface area contributed by atoms with E-state index in [-0.39, 0.29) is 16.8 Å². The van der Waals surface area contributed by atoms with Crippen LogP contribution in [-0.4, -0.2) is 25.8 Å². The number of nitrogens with zero attached hydrogens (tertiary/aromatic N) is 1. The van der Waals surface area contributed by atoms with E-state index in [2.05, 4.69) is 6.92 Å². The van der Waals surface area contributed by atoms with Crippen molar-refractivity contribution in [3.63, 3.8) is 0 Å². The Labute approximate surface area is 131 Å². The van der Waals surface area contributed by atoms with E-state index in [1.54, 1.807) is 7.05 Å². The Morgan fingerprint density at radius 1 is 1.33 bits per heavy atom.